The van der Waals surface area contributed by atoms with E-state index < -0.39 is 11.7 Å². The molecule has 3 heterocycles. The molecule has 0 bridgehead atoms. The first kappa shape index (κ1) is 24.2. The number of aromatic amines is 1. The lowest BCUT2D eigenvalue weighted by Gasteiger charge is -2.33. The van der Waals surface area contributed by atoms with Gasteiger partial charge in [0, 0.05) is 31.6 Å². The summed E-state index contributed by atoms with van der Waals surface area (Å²) in [5.74, 6) is -0.162. The minimum atomic E-state index is -4.39. The zero-order valence-corrected chi connectivity index (χ0v) is 21.1. The Morgan fingerprint density at radius 2 is 1.89 bits per heavy atom. The quantitative estimate of drug-likeness (QED) is 0.469. The number of amidine groups is 1. The van der Waals surface area contributed by atoms with Gasteiger partial charge in [0.05, 0.1) is 22.2 Å². The van der Waals surface area contributed by atoms with Crippen LogP contribution in [-0.4, -0.2) is 64.3 Å². The monoisotopic (exact) mass is 525 g/mol. The number of rotatable bonds is 4. The maximum Gasteiger partial charge on any atom is 0.416 e. The fourth-order valence-corrected chi connectivity index (χ4v) is 6.03. The third-order valence-corrected chi connectivity index (χ3v) is 8.44. The summed E-state index contributed by atoms with van der Waals surface area (Å²) >= 11 is 1.38. The zero-order valence-electron chi connectivity index (χ0n) is 20.3. The van der Waals surface area contributed by atoms with Crippen molar-refractivity contribution in [3.05, 3.63) is 69.8 Å². The number of carbonyl (C=O) groups is 1. The number of alkyl halides is 3. The molecule has 1 saturated carbocycles. The predicted octanol–water partition coefficient (Wildman–Crippen LogP) is 5.29. The van der Waals surface area contributed by atoms with Crippen molar-refractivity contribution in [1.82, 2.24) is 20.0 Å². The fourth-order valence-electron chi connectivity index (χ4n) is 4.96. The first-order chi connectivity index (χ1) is 17.8. The number of allylic oxidation sites excluding steroid dienone is 1. The van der Waals surface area contributed by atoms with E-state index in [1.165, 1.54) is 17.8 Å². The van der Waals surface area contributed by atoms with Crippen molar-refractivity contribution >= 4 is 39.3 Å². The van der Waals surface area contributed by atoms with Crippen LogP contribution in [0.3, 0.4) is 0 Å². The van der Waals surface area contributed by atoms with E-state index in [1.807, 2.05) is 18.2 Å². The number of aromatic nitrogens is 2. The number of nitrogens with one attached hydrogen (secondary N) is 1. The minimum Gasteiger partial charge on any atom is -0.348 e. The van der Waals surface area contributed by atoms with Crippen molar-refractivity contribution in [2.24, 2.45) is 4.99 Å². The molecule has 0 radical (unpaired) electrons. The molecule has 2 aliphatic heterocycles. The first-order valence-corrected chi connectivity index (χ1v) is 13.2. The van der Waals surface area contributed by atoms with Crippen LogP contribution in [0.15, 0.2) is 52.5 Å². The molecule has 1 saturated heterocycles. The van der Waals surface area contributed by atoms with Gasteiger partial charge in [-0.15, -0.1) is 0 Å². The number of likely N-dealkylation sites (N-methyl/N-ethyl adjacent to an activating group) is 1. The van der Waals surface area contributed by atoms with E-state index in [4.69, 9.17) is 0 Å². The van der Waals surface area contributed by atoms with Crippen LogP contribution in [0.2, 0.25) is 0 Å². The highest BCUT2D eigenvalue weighted by molar-refractivity contribution is 8.18. The van der Waals surface area contributed by atoms with Crippen molar-refractivity contribution in [2.45, 2.75) is 31.4 Å². The van der Waals surface area contributed by atoms with Gasteiger partial charge in [0.2, 0.25) is 0 Å². The average molecular weight is 526 g/mol. The summed E-state index contributed by atoms with van der Waals surface area (Å²) in [5, 5.41) is 8.65. The third-order valence-electron chi connectivity index (χ3n) is 7.28. The van der Waals surface area contributed by atoms with E-state index in [1.54, 1.807) is 12.3 Å². The van der Waals surface area contributed by atoms with Crippen LogP contribution in [0.1, 0.15) is 41.0 Å². The van der Waals surface area contributed by atoms with Gasteiger partial charge < -0.3 is 9.80 Å². The number of carbonyl (C=O) groups excluding carboxylic acids is 1. The summed E-state index contributed by atoms with van der Waals surface area (Å²) < 4.78 is 40.4. The molecule has 0 spiro atoms. The summed E-state index contributed by atoms with van der Waals surface area (Å²) in [6.07, 6.45) is -0.549. The second-order valence-electron chi connectivity index (χ2n) is 9.93. The smallest absolute Gasteiger partial charge is 0.348 e. The molecule has 2 aromatic carbocycles. The van der Waals surface area contributed by atoms with Crippen molar-refractivity contribution in [3.8, 4) is 0 Å². The number of thioether (sulfide) groups is 1. The largest absolute Gasteiger partial charge is 0.416 e. The number of benzene rings is 2. The third kappa shape index (κ3) is 4.92. The van der Waals surface area contributed by atoms with Crippen LogP contribution in [0, 0.1) is 0 Å². The lowest BCUT2D eigenvalue weighted by Crippen LogP contribution is -2.46. The van der Waals surface area contributed by atoms with Crippen molar-refractivity contribution in [2.75, 3.05) is 33.2 Å². The molecule has 0 atom stereocenters. The first-order valence-electron chi connectivity index (χ1n) is 12.4. The normalized spacial score (nSPS) is 20.6. The van der Waals surface area contributed by atoms with Gasteiger partial charge in [-0.2, -0.15) is 23.3 Å². The Hall–Kier alpha value is -3.11. The van der Waals surface area contributed by atoms with Gasteiger partial charge in [0.25, 0.3) is 5.91 Å². The molecule has 1 N–H and O–H groups in total. The molecule has 37 heavy (non-hydrogen) atoms. The Morgan fingerprint density at radius 1 is 1.11 bits per heavy atom. The number of nitrogens with zero attached hydrogens (tertiary/aromatic N) is 4. The van der Waals surface area contributed by atoms with Crippen LogP contribution in [0.25, 0.3) is 16.5 Å². The van der Waals surface area contributed by atoms with E-state index in [9.17, 15) is 18.0 Å². The Kier molecular flexibility index (Phi) is 6.11. The maximum atomic E-state index is 13.5. The lowest BCUT2D eigenvalue weighted by molar-refractivity contribution is -0.137. The molecule has 0 unspecified atom stereocenters. The van der Waals surface area contributed by atoms with Gasteiger partial charge in [-0.05, 0) is 90.5 Å². The number of fused-ring (bicyclic) bond motifs is 1. The Bertz CT molecular complexity index is 1430. The summed E-state index contributed by atoms with van der Waals surface area (Å²) in [6.45, 7) is 3.38. The highest BCUT2D eigenvalue weighted by atomic mass is 32.2. The molecule has 3 aliphatic rings. The van der Waals surface area contributed by atoms with Crippen molar-refractivity contribution in [1.29, 1.82) is 0 Å². The SMILES string of the molecule is CN1CCN(C2=NC(=O)C(=C(Cc3ccc(C(F)(F)F)cc3C3CC3)c3ccc4[nH]ncc4c3)S2)CC1. The number of hydrogen-bond donors (Lipinski definition) is 1. The van der Waals surface area contributed by atoms with Crippen LogP contribution in [-0.2, 0) is 17.4 Å². The fraction of sp³-hybridized carbons (Fsp3) is 0.370. The van der Waals surface area contributed by atoms with Gasteiger partial charge in [-0.3, -0.25) is 9.89 Å². The molecule has 6 rings (SSSR count). The Morgan fingerprint density at radius 3 is 2.62 bits per heavy atom. The highest BCUT2D eigenvalue weighted by Crippen LogP contribution is 2.45. The number of aliphatic imine (C=N–C) groups is 1. The van der Waals surface area contributed by atoms with Gasteiger partial charge in [0.15, 0.2) is 5.17 Å². The Labute approximate surface area is 216 Å². The van der Waals surface area contributed by atoms with Gasteiger partial charge in [-0.1, -0.05) is 12.1 Å². The van der Waals surface area contributed by atoms with E-state index >= 15 is 0 Å². The van der Waals surface area contributed by atoms with Gasteiger partial charge >= 0.3 is 6.18 Å². The van der Waals surface area contributed by atoms with E-state index in [0.29, 0.717) is 16.5 Å². The van der Waals surface area contributed by atoms with Crippen molar-refractivity contribution in [3.63, 3.8) is 0 Å². The summed E-state index contributed by atoms with van der Waals surface area (Å²) in [5.41, 5.74) is 3.44. The molecule has 2 fully saturated rings. The van der Waals surface area contributed by atoms with E-state index in [-0.39, 0.29) is 11.8 Å². The molecule has 6 nitrogen and oxygen atoms in total. The topological polar surface area (TPSA) is 64.6 Å². The molecular formula is C27H26F3N5OS. The number of H-pyrrole nitrogens is 1. The molecule has 3 aromatic rings. The number of hydrogen-bond acceptors (Lipinski definition) is 5. The van der Waals surface area contributed by atoms with Crippen LogP contribution in [0.5, 0.6) is 0 Å². The van der Waals surface area contributed by atoms with Crippen molar-refractivity contribution < 1.29 is 18.0 Å². The van der Waals surface area contributed by atoms with Crippen LogP contribution < -0.4 is 0 Å². The molecule has 1 aromatic heterocycles. The Balaban J connectivity index is 1.41. The summed E-state index contributed by atoms with van der Waals surface area (Å²) in [4.78, 5) is 22.6. The molecule has 1 amide bonds. The number of halogens is 3. The average Bonchev–Trinajstić information content (AvgIpc) is 3.49. The zero-order chi connectivity index (χ0) is 25.7. The lowest BCUT2D eigenvalue weighted by atomic mass is 9.91. The minimum absolute atomic E-state index is 0.129. The standard InChI is InChI=1S/C27H26F3N5OS/c1-34-8-10-35(11-9-34)26-32-25(36)24(37-26)22(17-5-7-23-19(12-17)15-31-33-23)13-18-4-6-20(27(28,29)30)14-21(18)16-2-3-16/h4-7,12,14-16H,2-3,8-11,13H2,1H3,(H,31,33). The molecular weight excluding hydrogens is 499 g/mol. The summed E-state index contributed by atoms with van der Waals surface area (Å²) in [7, 11) is 2.07. The van der Waals surface area contributed by atoms with Gasteiger partial charge in [-0.25, -0.2) is 0 Å². The van der Waals surface area contributed by atoms with Crippen LogP contribution in [0.4, 0.5) is 13.2 Å². The molecule has 1 aliphatic carbocycles. The second kappa shape index (κ2) is 9.33. The van der Waals surface area contributed by atoms with E-state index in [0.717, 1.165) is 78.3 Å². The number of piperazine rings is 1. The van der Waals surface area contributed by atoms with E-state index in [2.05, 4.69) is 32.0 Å². The maximum absolute atomic E-state index is 13.5. The number of amides is 1. The highest BCUT2D eigenvalue weighted by Gasteiger charge is 2.35. The summed E-state index contributed by atoms with van der Waals surface area (Å²) in [6, 6.07) is 9.86. The van der Waals surface area contributed by atoms with Gasteiger partial charge in [0.1, 0.15) is 0 Å². The van der Waals surface area contributed by atoms with Crippen LogP contribution >= 0.6 is 11.8 Å². The predicted molar refractivity (Wildman–Crippen MR) is 139 cm³/mol. The molecule has 10 heteroatoms. The molecule has 192 valence electrons. The second-order valence-corrected chi connectivity index (χ2v) is 10.9.